The molecule has 1 aromatic heterocycles. The van der Waals surface area contributed by atoms with Crippen molar-refractivity contribution in [3.05, 3.63) is 52.6 Å². The quantitative estimate of drug-likeness (QED) is 0.874. The van der Waals surface area contributed by atoms with Crippen LogP contribution in [0.15, 0.2) is 30.5 Å². The number of aryl methyl sites for hydroxylation is 1. The van der Waals surface area contributed by atoms with Crippen LogP contribution in [0.4, 0.5) is 0 Å². The van der Waals surface area contributed by atoms with E-state index >= 15 is 0 Å². The van der Waals surface area contributed by atoms with E-state index in [9.17, 15) is 0 Å². The minimum absolute atomic E-state index is 0.215. The molecule has 0 unspecified atom stereocenters. The van der Waals surface area contributed by atoms with Crippen LogP contribution in [-0.4, -0.2) is 9.97 Å². The van der Waals surface area contributed by atoms with E-state index in [0.29, 0.717) is 0 Å². The highest BCUT2D eigenvalue weighted by molar-refractivity contribution is 6.31. The summed E-state index contributed by atoms with van der Waals surface area (Å²) in [6.07, 6.45) is 1.85. The molecule has 0 fully saturated rings. The van der Waals surface area contributed by atoms with Crippen LogP contribution in [0.3, 0.4) is 0 Å². The number of halogens is 1. The smallest absolute Gasteiger partial charge is 0.103 e. The molecule has 1 heterocycles. The van der Waals surface area contributed by atoms with Crippen LogP contribution in [0.5, 0.6) is 0 Å². The summed E-state index contributed by atoms with van der Waals surface area (Å²) in [5, 5.41) is 4.21. The van der Waals surface area contributed by atoms with Gasteiger partial charge in [0.2, 0.25) is 0 Å². The van der Waals surface area contributed by atoms with E-state index in [1.165, 1.54) is 0 Å². The first-order chi connectivity index (χ1) is 8.16. The Bertz CT molecular complexity index is 493. The number of hydrogen-bond acceptors (Lipinski definition) is 2. The van der Waals surface area contributed by atoms with Crippen LogP contribution in [0.1, 0.15) is 30.0 Å². The summed E-state index contributed by atoms with van der Waals surface area (Å²) in [4.78, 5) is 7.35. The molecule has 90 valence electrons. The topological polar surface area (TPSA) is 40.7 Å². The lowest BCUT2D eigenvalue weighted by atomic mass is 10.1. The fourth-order valence-electron chi connectivity index (χ4n) is 1.76. The van der Waals surface area contributed by atoms with Crippen molar-refractivity contribution in [1.29, 1.82) is 0 Å². The van der Waals surface area contributed by atoms with Gasteiger partial charge in [-0.25, -0.2) is 4.98 Å². The first-order valence-electron chi connectivity index (χ1n) is 5.65. The van der Waals surface area contributed by atoms with Crippen molar-refractivity contribution in [3.63, 3.8) is 0 Å². The van der Waals surface area contributed by atoms with Gasteiger partial charge in [0.25, 0.3) is 0 Å². The van der Waals surface area contributed by atoms with Crippen molar-refractivity contribution in [1.82, 2.24) is 15.3 Å². The van der Waals surface area contributed by atoms with Gasteiger partial charge in [-0.3, -0.25) is 0 Å². The number of nitrogens with zero attached hydrogens (tertiary/aromatic N) is 1. The Morgan fingerprint density at radius 1 is 1.41 bits per heavy atom. The third kappa shape index (κ3) is 3.08. The summed E-state index contributed by atoms with van der Waals surface area (Å²) < 4.78 is 0. The van der Waals surface area contributed by atoms with Gasteiger partial charge >= 0.3 is 0 Å². The maximum absolute atomic E-state index is 6.14. The number of benzene rings is 1. The van der Waals surface area contributed by atoms with Crippen molar-refractivity contribution < 1.29 is 0 Å². The molecule has 0 radical (unpaired) electrons. The first kappa shape index (κ1) is 12.1. The zero-order chi connectivity index (χ0) is 12.3. The van der Waals surface area contributed by atoms with E-state index in [2.05, 4.69) is 22.2 Å². The molecule has 17 heavy (non-hydrogen) atoms. The van der Waals surface area contributed by atoms with Crippen LogP contribution in [0.2, 0.25) is 5.02 Å². The summed E-state index contributed by atoms with van der Waals surface area (Å²) in [7, 11) is 0. The van der Waals surface area contributed by atoms with Gasteiger partial charge in [-0.05, 0) is 25.5 Å². The summed E-state index contributed by atoms with van der Waals surface area (Å²) in [5.41, 5.74) is 2.20. The second kappa shape index (κ2) is 5.34. The number of imidazole rings is 1. The first-order valence-corrected chi connectivity index (χ1v) is 6.03. The van der Waals surface area contributed by atoms with Gasteiger partial charge in [0, 0.05) is 29.5 Å². The Hall–Kier alpha value is -1.32. The van der Waals surface area contributed by atoms with E-state index in [-0.39, 0.29) is 6.04 Å². The van der Waals surface area contributed by atoms with Crippen molar-refractivity contribution in [2.75, 3.05) is 0 Å². The van der Waals surface area contributed by atoms with E-state index in [1.807, 2.05) is 37.4 Å². The van der Waals surface area contributed by atoms with Crippen LogP contribution in [-0.2, 0) is 6.54 Å². The third-order valence-corrected chi connectivity index (χ3v) is 3.07. The molecule has 2 N–H and O–H groups in total. The fourth-order valence-corrected chi connectivity index (χ4v) is 2.06. The van der Waals surface area contributed by atoms with Gasteiger partial charge in [-0.1, -0.05) is 29.8 Å². The summed E-state index contributed by atoms with van der Waals surface area (Å²) >= 11 is 6.14. The number of aromatic amines is 1. The lowest BCUT2D eigenvalue weighted by molar-refractivity contribution is 0.569. The molecule has 0 aliphatic rings. The van der Waals surface area contributed by atoms with Crippen LogP contribution < -0.4 is 5.32 Å². The lowest BCUT2D eigenvalue weighted by Gasteiger charge is -2.14. The molecule has 2 rings (SSSR count). The van der Waals surface area contributed by atoms with E-state index in [0.717, 1.165) is 28.6 Å². The van der Waals surface area contributed by atoms with Crippen LogP contribution >= 0.6 is 11.6 Å². The van der Waals surface area contributed by atoms with Gasteiger partial charge in [-0.2, -0.15) is 0 Å². The number of nitrogens with one attached hydrogen (secondary N) is 2. The molecule has 4 heteroatoms. The number of hydrogen-bond donors (Lipinski definition) is 2. The summed E-state index contributed by atoms with van der Waals surface area (Å²) in [6.45, 7) is 4.80. The van der Waals surface area contributed by atoms with Gasteiger partial charge in [0.05, 0.1) is 0 Å². The highest BCUT2D eigenvalue weighted by Crippen LogP contribution is 2.22. The van der Waals surface area contributed by atoms with Crippen molar-refractivity contribution in [2.24, 2.45) is 0 Å². The Labute approximate surface area is 106 Å². The molecule has 0 bridgehead atoms. The Morgan fingerprint density at radius 2 is 2.18 bits per heavy atom. The van der Waals surface area contributed by atoms with Crippen LogP contribution in [0.25, 0.3) is 0 Å². The van der Waals surface area contributed by atoms with Gasteiger partial charge in [-0.15, -0.1) is 0 Å². The minimum Gasteiger partial charge on any atom is -0.345 e. The summed E-state index contributed by atoms with van der Waals surface area (Å²) in [5.74, 6) is 0.937. The van der Waals surface area contributed by atoms with Gasteiger partial charge < -0.3 is 10.3 Å². The minimum atomic E-state index is 0.215. The molecule has 0 saturated heterocycles. The van der Waals surface area contributed by atoms with Gasteiger partial charge in [0.15, 0.2) is 0 Å². The number of H-pyrrole nitrogens is 1. The average Bonchev–Trinajstić information content (AvgIpc) is 2.73. The molecule has 1 aromatic carbocycles. The molecule has 0 saturated carbocycles. The number of rotatable bonds is 4. The number of aromatic nitrogens is 2. The zero-order valence-electron chi connectivity index (χ0n) is 10.00. The molecule has 3 nitrogen and oxygen atoms in total. The predicted octanol–water partition coefficient (Wildman–Crippen LogP) is 3.22. The molecule has 0 aliphatic carbocycles. The van der Waals surface area contributed by atoms with E-state index in [1.54, 1.807) is 0 Å². The largest absolute Gasteiger partial charge is 0.345 e. The molecular weight excluding hydrogens is 234 g/mol. The third-order valence-electron chi connectivity index (χ3n) is 2.73. The molecule has 2 aromatic rings. The monoisotopic (exact) mass is 249 g/mol. The Balaban J connectivity index is 1.98. The predicted molar refractivity (Wildman–Crippen MR) is 70.0 cm³/mol. The lowest BCUT2D eigenvalue weighted by Crippen LogP contribution is -2.18. The van der Waals surface area contributed by atoms with Gasteiger partial charge in [0.1, 0.15) is 5.82 Å². The molecule has 0 amide bonds. The van der Waals surface area contributed by atoms with Crippen LogP contribution in [0, 0.1) is 6.92 Å². The molecule has 0 aliphatic heterocycles. The Morgan fingerprint density at radius 3 is 2.82 bits per heavy atom. The maximum atomic E-state index is 6.14. The molecule has 1 atom stereocenters. The highest BCUT2D eigenvalue weighted by atomic mass is 35.5. The molecule has 0 spiro atoms. The molecular formula is C13H16ClN3. The zero-order valence-corrected chi connectivity index (χ0v) is 10.8. The fraction of sp³-hybridized carbons (Fsp3) is 0.308. The normalized spacial score (nSPS) is 12.6. The SMILES string of the molecule is Cc1ncc(CN[C@@H](C)c2ccccc2Cl)[nH]1. The Kier molecular flexibility index (Phi) is 3.82. The van der Waals surface area contributed by atoms with Crippen molar-refractivity contribution >= 4 is 11.6 Å². The van der Waals surface area contributed by atoms with Crippen molar-refractivity contribution in [3.8, 4) is 0 Å². The standard InChI is InChI=1S/C13H16ClN3/c1-9(12-5-3-4-6-13(12)14)15-7-11-8-16-10(2)17-11/h3-6,8-9,15H,7H2,1-2H3,(H,16,17)/t9-/m0/s1. The second-order valence-electron chi connectivity index (χ2n) is 4.12. The van der Waals surface area contributed by atoms with E-state index in [4.69, 9.17) is 11.6 Å². The maximum Gasteiger partial charge on any atom is 0.103 e. The summed E-state index contributed by atoms with van der Waals surface area (Å²) in [6, 6.07) is 8.11. The van der Waals surface area contributed by atoms with E-state index < -0.39 is 0 Å². The average molecular weight is 250 g/mol. The highest BCUT2D eigenvalue weighted by Gasteiger charge is 2.08. The van der Waals surface area contributed by atoms with Crippen molar-refractivity contribution in [2.45, 2.75) is 26.4 Å². The second-order valence-corrected chi connectivity index (χ2v) is 4.53.